The minimum Gasteiger partial charge on any atom is -0.478 e. The molecule has 0 amide bonds. The fraction of sp³-hybridized carbons (Fsp3) is 0.211. The summed E-state index contributed by atoms with van der Waals surface area (Å²) in [5, 5.41) is 9.32. The highest BCUT2D eigenvalue weighted by Crippen LogP contribution is 2.45. The minimum absolute atomic E-state index is 0.0299. The predicted molar refractivity (Wildman–Crippen MR) is 93.5 cm³/mol. The normalized spacial score (nSPS) is 16.2. The Morgan fingerprint density at radius 2 is 1.93 bits per heavy atom. The summed E-state index contributed by atoms with van der Waals surface area (Å²) in [6.07, 6.45) is -6.56. The van der Waals surface area contributed by atoms with Gasteiger partial charge in [0.15, 0.2) is 5.75 Å². The van der Waals surface area contributed by atoms with Gasteiger partial charge < -0.3 is 14.6 Å². The van der Waals surface area contributed by atoms with Gasteiger partial charge in [0.2, 0.25) is 6.10 Å². The number of benzene rings is 2. The van der Waals surface area contributed by atoms with Gasteiger partial charge in [-0.3, -0.25) is 0 Å². The topological polar surface area (TPSA) is 55.8 Å². The summed E-state index contributed by atoms with van der Waals surface area (Å²) < 4.78 is 50.3. The second-order valence-corrected chi connectivity index (χ2v) is 6.51. The van der Waals surface area contributed by atoms with Gasteiger partial charge in [0, 0.05) is 0 Å². The molecule has 8 heteroatoms. The molecule has 0 saturated carbocycles. The van der Waals surface area contributed by atoms with Gasteiger partial charge in [0.25, 0.3) is 0 Å². The Morgan fingerprint density at radius 1 is 1.22 bits per heavy atom. The molecular formula is C19H14ClF3O4. The van der Waals surface area contributed by atoms with E-state index in [0.29, 0.717) is 5.75 Å². The standard InChI is InChI=1S/C19H14ClF3O4/c1-9-3-4-10(2)15(7-9)26-16-11-8-12(18(24)25)17(19(21,22)23)27-14(11)6-5-13(16)20/h3-8,17H,1-2H3,(H,24,25). The zero-order valence-electron chi connectivity index (χ0n) is 14.2. The molecule has 0 aliphatic carbocycles. The predicted octanol–water partition coefficient (Wildman–Crippen LogP) is 5.54. The summed E-state index contributed by atoms with van der Waals surface area (Å²) in [6.45, 7) is 3.65. The van der Waals surface area contributed by atoms with Crippen LogP contribution in [0.4, 0.5) is 13.2 Å². The van der Waals surface area contributed by atoms with E-state index in [9.17, 15) is 23.1 Å². The molecule has 1 unspecified atom stereocenters. The molecule has 0 spiro atoms. The maximum Gasteiger partial charge on any atom is 0.430 e. The van der Waals surface area contributed by atoms with E-state index in [4.69, 9.17) is 21.1 Å². The molecule has 0 fully saturated rings. The maximum absolute atomic E-state index is 13.2. The fourth-order valence-corrected chi connectivity index (χ4v) is 2.87. The zero-order valence-corrected chi connectivity index (χ0v) is 15.0. The Hall–Kier alpha value is -2.67. The van der Waals surface area contributed by atoms with Crippen LogP contribution in [-0.2, 0) is 4.79 Å². The summed E-state index contributed by atoms with van der Waals surface area (Å²) in [4.78, 5) is 11.4. The molecule has 0 saturated heterocycles. The Labute approximate surface area is 157 Å². The fourth-order valence-electron chi connectivity index (χ4n) is 2.66. The van der Waals surface area contributed by atoms with E-state index in [1.807, 2.05) is 19.1 Å². The van der Waals surface area contributed by atoms with Crippen LogP contribution in [0.15, 0.2) is 35.9 Å². The summed E-state index contributed by atoms with van der Waals surface area (Å²) in [7, 11) is 0. The highest BCUT2D eigenvalue weighted by atomic mass is 35.5. The second kappa shape index (κ2) is 6.81. The molecule has 4 nitrogen and oxygen atoms in total. The number of aryl methyl sites for hydroxylation is 2. The van der Waals surface area contributed by atoms with Crippen molar-refractivity contribution in [2.75, 3.05) is 0 Å². The van der Waals surface area contributed by atoms with Gasteiger partial charge in [-0.1, -0.05) is 23.7 Å². The Bertz CT molecular complexity index is 951. The SMILES string of the molecule is Cc1ccc(C)c(Oc2c(Cl)ccc3c2C=C(C(=O)O)C(C(F)(F)F)O3)c1. The largest absolute Gasteiger partial charge is 0.478 e. The van der Waals surface area contributed by atoms with Crippen LogP contribution in [0.25, 0.3) is 6.08 Å². The first kappa shape index (κ1) is 19.1. The smallest absolute Gasteiger partial charge is 0.430 e. The van der Waals surface area contributed by atoms with Gasteiger partial charge in [0.1, 0.15) is 11.5 Å². The number of alkyl halides is 3. The van der Waals surface area contributed by atoms with E-state index in [2.05, 4.69) is 0 Å². The summed E-state index contributed by atoms with van der Waals surface area (Å²) in [5.41, 5.74) is 0.790. The molecule has 1 heterocycles. The molecule has 2 aromatic rings. The molecule has 0 radical (unpaired) electrons. The number of carboxylic acid groups (broad SMARTS) is 1. The van der Waals surface area contributed by atoms with Crippen LogP contribution in [0.1, 0.15) is 16.7 Å². The van der Waals surface area contributed by atoms with E-state index < -0.39 is 23.8 Å². The summed E-state index contributed by atoms with van der Waals surface area (Å²) in [5.74, 6) is -1.41. The zero-order chi connectivity index (χ0) is 19.9. The summed E-state index contributed by atoms with van der Waals surface area (Å²) in [6, 6.07) is 8.04. The lowest BCUT2D eigenvalue weighted by atomic mass is 10.0. The number of hydrogen-bond donors (Lipinski definition) is 1. The Balaban J connectivity index is 2.14. The second-order valence-electron chi connectivity index (χ2n) is 6.10. The van der Waals surface area contributed by atoms with Crippen LogP contribution in [0.2, 0.25) is 5.02 Å². The number of ether oxygens (including phenoxy) is 2. The van der Waals surface area contributed by atoms with E-state index in [1.165, 1.54) is 12.1 Å². The third-order valence-corrected chi connectivity index (χ3v) is 4.33. The van der Waals surface area contributed by atoms with Crippen molar-refractivity contribution in [1.29, 1.82) is 0 Å². The molecule has 0 aromatic heterocycles. The first-order valence-corrected chi connectivity index (χ1v) is 8.21. The van der Waals surface area contributed by atoms with Crippen LogP contribution in [0, 0.1) is 13.8 Å². The number of hydrogen-bond acceptors (Lipinski definition) is 3. The van der Waals surface area contributed by atoms with Gasteiger partial charge in [-0.25, -0.2) is 4.79 Å². The number of carbonyl (C=O) groups is 1. The van der Waals surface area contributed by atoms with Crippen molar-refractivity contribution in [3.8, 4) is 17.2 Å². The van der Waals surface area contributed by atoms with Crippen molar-refractivity contribution in [2.24, 2.45) is 0 Å². The van der Waals surface area contributed by atoms with Crippen molar-refractivity contribution >= 4 is 23.6 Å². The molecule has 1 atom stereocenters. The average molecular weight is 399 g/mol. The quantitative estimate of drug-likeness (QED) is 0.737. The lowest BCUT2D eigenvalue weighted by molar-refractivity contribution is -0.187. The van der Waals surface area contributed by atoms with Crippen molar-refractivity contribution in [3.63, 3.8) is 0 Å². The molecule has 1 aliphatic heterocycles. The van der Waals surface area contributed by atoms with Gasteiger partial charge in [-0.15, -0.1) is 0 Å². The molecular weight excluding hydrogens is 385 g/mol. The molecule has 3 rings (SSSR count). The Kier molecular flexibility index (Phi) is 4.82. The molecule has 2 aromatic carbocycles. The number of fused-ring (bicyclic) bond motifs is 1. The number of halogens is 4. The monoisotopic (exact) mass is 398 g/mol. The van der Waals surface area contributed by atoms with Gasteiger partial charge in [0.05, 0.1) is 16.2 Å². The summed E-state index contributed by atoms with van der Waals surface area (Å²) >= 11 is 6.18. The van der Waals surface area contributed by atoms with E-state index in [1.54, 1.807) is 13.0 Å². The van der Waals surface area contributed by atoms with Crippen LogP contribution in [0.5, 0.6) is 17.2 Å². The van der Waals surface area contributed by atoms with Crippen molar-refractivity contribution in [3.05, 3.63) is 57.6 Å². The van der Waals surface area contributed by atoms with Gasteiger partial charge in [-0.2, -0.15) is 13.2 Å². The van der Waals surface area contributed by atoms with Crippen LogP contribution < -0.4 is 9.47 Å². The van der Waals surface area contributed by atoms with Crippen molar-refractivity contribution < 1.29 is 32.5 Å². The first-order chi connectivity index (χ1) is 12.6. The van der Waals surface area contributed by atoms with Gasteiger partial charge in [-0.05, 0) is 49.2 Å². The molecule has 1 aliphatic rings. The Morgan fingerprint density at radius 3 is 2.56 bits per heavy atom. The third-order valence-electron chi connectivity index (χ3n) is 4.04. The highest BCUT2D eigenvalue weighted by Gasteiger charge is 2.48. The van der Waals surface area contributed by atoms with E-state index in [0.717, 1.165) is 17.2 Å². The van der Waals surface area contributed by atoms with E-state index >= 15 is 0 Å². The van der Waals surface area contributed by atoms with Crippen LogP contribution in [0.3, 0.4) is 0 Å². The van der Waals surface area contributed by atoms with E-state index in [-0.39, 0.29) is 22.1 Å². The lowest BCUT2D eigenvalue weighted by Crippen LogP contribution is -2.40. The number of rotatable bonds is 3. The molecule has 1 N–H and O–H groups in total. The van der Waals surface area contributed by atoms with Crippen LogP contribution >= 0.6 is 11.6 Å². The molecule has 0 bridgehead atoms. The highest BCUT2D eigenvalue weighted by molar-refractivity contribution is 6.32. The lowest BCUT2D eigenvalue weighted by Gasteiger charge is -2.28. The molecule has 142 valence electrons. The maximum atomic E-state index is 13.2. The molecule has 27 heavy (non-hydrogen) atoms. The average Bonchev–Trinajstić information content (AvgIpc) is 2.58. The number of carboxylic acids is 1. The third kappa shape index (κ3) is 3.73. The van der Waals surface area contributed by atoms with Crippen LogP contribution in [-0.4, -0.2) is 23.4 Å². The minimum atomic E-state index is -4.88. The van der Waals surface area contributed by atoms with Crippen molar-refractivity contribution in [2.45, 2.75) is 26.1 Å². The van der Waals surface area contributed by atoms with Crippen molar-refractivity contribution in [1.82, 2.24) is 0 Å². The number of aliphatic carboxylic acids is 1. The van der Waals surface area contributed by atoms with Gasteiger partial charge >= 0.3 is 12.1 Å². The first-order valence-electron chi connectivity index (χ1n) is 7.84.